The van der Waals surface area contributed by atoms with Gasteiger partial charge in [0.1, 0.15) is 0 Å². The summed E-state index contributed by atoms with van der Waals surface area (Å²) in [6.07, 6.45) is 13.1. The van der Waals surface area contributed by atoms with Crippen LogP contribution in [0.3, 0.4) is 0 Å². The molecule has 172 valence electrons. The summed E-state index contributed by atoms with van der Waals surface area (Å²) in [6, 6.07) is 12.1. The number of rotatable bonds is 2. The summed E-state index contributed by atoms with van der Waals surface area (Å²) in [4.78, 5) is 13.8. The van der Waals surface area contributed by atoms with Crippen LogP contribution in [0.4, 0.5) is 0 Å². The topological polar surface area (TPSA) is 55.1 Å². The standard InChI is InChI=1S/C29H34N2O2/c1-28-13-10-23(32)18-20(28)8-9-24-25(28)11-14-29(2)26(24)17-19(27(29)33)16-22-12-15-30-31(22)21-6-4-3-5-7-21/h3-8,12,15-16,23-26,32H,9-11,13-14,17-18H2,1-2H3/b19-16+/t23-,24+,25-,26-,28+,29-/m1/s1. The molecule has 1 heterocycles. The van der Waals surface area contributed by atoms with Crippen molar-refractivity contribution in [2.75, 3.05) is 0 Å². The van der Waals surface area contributed by atoms with Gasteiger partial charge in [-0.3, -0.25) is 4.79 Å². The number of allylic oxidation sites excluding steroid dienone is 2. The third-order valence-corrected chi connectivity index (χ3v) is 9.71. The van der Waals surface area contributed by atoms with Gasteiger partial charge < -0.3 is 5.11 Å². The molecule has 1 aromatic heterocycles. The molecule has 2 aromatic rings. The van der Waals surface area contributed by atoms with E-state index in [1.807, 2.05) is 47.3 Å². The third-order valence-electron chi connectivity index (χ3n) is 9.71. The number of ketones is 1. The second-order valence-electron chi connectivity index (χ2n) is 11.3. The molecule has 0 spiro atoms. The number of para-hydroxylation sites is 1. The Morgan fingerprint density at radius 2 is 1.82 bits per heavy atom. The van der Waals surface area contributed by atoms with Gasteiger partial charge in [-0.25, -0.2) is 4.68 Å². The van der Waals surface area contributed by atoms with Crippen molar-refractivity contribution in [3.63, 3.8) is 0 Å². The van der Waals surface area contributed by atoms with Gasteiger partial charge in [0.05, 0.1) is 23.7 Å². The maximum atomic E-state index is 13.8. The SMILES string of the molecule is C[C@@]12CC[C@@H]3[C@H](CC=C4C[C@H](O)CC[C@@]43C)[C@H]1C/C(=C\c1ccnn1-c1ccccc1)C2=O. The fraction of sp³-hybridized carbons (Fsp3) is 0.517. The van der Waals surface area contributed by atoms with Crippen molar-refractivity contribution < 1.29 is 9.90 Å². The van der Waals surface area contributed by atoms with Gasteiger partial charge >= 0.3 is 0 Å². The van der Waals surface area contributed by atoms with Gasteiger partial charge in [-0.2, -0.15) is 5.10 Å². The van der Waals surface area contributed by atoms with Crippen LogP contribution in [0.5, 0.6) is 0 Å². The Kier molecular flexibility index (Phi) is 4.81. The molecule has 4 aliphatic carbocycles. The van der Waals surface area contributed by atoms with E-state index in [9.17, 15) is 9.90 Å². The molecule has 0 radical (unpaired) electrons. The predicted molar refractivity (Wildman–Crippen MR) is 130 cm³/mol. The second-order valence-corrected chi connectivity index (χ2v) is 11.3. The molecule has 33 heavy (non-hydrogen) atoms. The van der Waals surface area contributed by atoms with Gasteiger partial charge in [0.25, 0.3) is 0 Å². The Labute approximate surface area is 196 Å². The molecular formula is C29H34N2O2. The van der Waals surface area contributed by atoms with Crippen molar-refractivity contribution >= 4 is 11.9 Å². The number of carbonyl (C=O) groups excluding carboxylic acids is 1. The molecule has 6 atom stereocenters. The zero-order valence-electron chi connectivity index (χ0n) is 19.7. The maximum absolute atomic E-state index is 13.8. The van der Waals surface area contributed by atoms with E-state index in [2.05, 4.69) is 31.1 Å². The summed E-state index contributed by atoms with van der Waals surface area (Å²) in [5.74, 6) is 1.95. The summed E-state index contributed by atoms with van der Waals surface area (Å²) in [5, 5.41) is 14.8. The van der Waals surface area contributed by atoms with Crippen molar-refractivity contribution in [1.82, 2.24) is 9.78 Å². The molecule has 0 unspecified atom stereocenters. The van der Waals surface area contributed by atoms with Crippen LogP contribution in [0.25, 0.3) is 11.8 Å². The molecule has 0 aliphatic heterocycles. The molecule has 0 saturated heterocycles. The Morgan fingerprint density at radius 3 is 2.64 bits per heavy atom. The van der Waals surface area contributed by atoms with Crippen molar-refractivity contribution in [3.05, 3.63) is 65.5 Å². The molecule has 3 saturated carbocycles. The number of aliphatic hydroxyl groups is 1. The van der Waals surface area contributed by atoms with E-state index in [-0.39, 0.29) is 16.9 Å². The highest BCUT2D eigenvalue weighted by atomic mass is 16.3. The van der Waals surface area contributed by atoms with Gasteiger partial charge in [-0.05, 0) is 98.0 Å². The summed E-state index contributed by atoms with van der Waals surface area (Å²) in [5.41, 5.74) is 4.40. The summed E-state index contributed by atoms with van der Waals surface area (Å²) in [7, 11) is 0. The largest absolute Gasteiger partial charge is 0.393 e. The van der Waals surface area contributed by atoms with Crippen LogP contribution in [0, 0.1) is 28.6 Å². The maximum Gasteiger partial charge on any atom is 0.165 e. The number of benzene rings is 1. The first kappa shape index (κ1) is 21.1. The third kappa shape index (κ3) is 3.13. The molecule has 1 aromatic carbocycles. The molecule has 0 bridgehead atoms. The Morgan fingerprint density at radius 1 is 1.03 bits per heavy atom. The highest BCUT2D eigenvalue weighted by Crippen LogP contribution is 2.64. The Balaban J connectivity index is 1.33. The predicted octanol–water partition coefficient (Wildman–Crippen LogP) is 5.76. The monoisotopic (exact) mass is 442 g/mol. The van der Waals surface area contributed by atoms with Crippen LogP contribution >= 0.6 is 0 Å². The zero-order valence-corrected chi connectivity index (χ0v) is 19.7. The Hall–Kier alpha value is -2.46. The highest BCUT2D eigenvalue weighted by molar-refractivity contribution is 6.05. The first-order valence-electron chi connectivity index (χ1n) is 12.6. The summed E-state index contributed by atoms with van der Waals surface area (Å²) in [6.45, 7) is 4.67. The van der Waals surface area contributed by atoms with E-state index in [1.165, 1.54) is 5.57 Å². The van der Waals surface area contributed by atoms with Crippen molar-refractivity contribution in [3.8, 4) is 5.69 Å². The minimum absolute atomic E-state index is 0.174. The molecule has 6 rings (SSSR count). The smallest absolute Gasteiger partial charge is 0.165 e. The molecule has 1 N–H and O–H groups in total. The number of hydrogen-bond acceptors (Lipinski definition) is 3. The van der Waals surface area contributed by atoms with Crippen LogP contribution in [-0.2, 0) is 4.79 Å². The minimum atomic E-state index is -0.250. The van der Waals surface area contributed by atoms with Crippen LogP contribution in [0.2, 0.25) is 0 Å². The summed E-state index contributed by atoms with van der Waals surface area (Å²) >= 11 is 0. The lowest BCUT2D eigenvalue weighted by Crippen LogP contribution is -2.50. The van der Waals surface area contributed by atoms with Gasteiger partial charge in [0.2, 0.25) is 0 Å². The number of fused-ring (bicyclic) bond motifs is 5. The summed E-state index contributed by atoms with van der Waals surface area (Å²) < 4.78 is 1.93. The average Bonchev–Trinajstić information content (AvgIpc) is 3.38. The number of aromatic nitrogens is 2. The normalized spacial score (nSPS) is 39.1. The van der Waals surface area contributed by atoms with E-state index < -0.39 is 0 Å². The zero-order chi connectivity index (χ0) is 22.8. The fourth-order valence-corrected chi connectivity index (χ4v) is 7.83. The van der Waals surface area contributed by atoms with E-state index in [1.54, 1.807) is 0 Å². The number of hydrogen-bond donors (Lipinski definition) is 1. The van der Waals surface area contributed by atoms with E-state index >= 15 is 0 Å². The molecule has 4 heteroatoms. The number of nitrogens with zero attached hydrogens (tertiary/aromatic N) is 2. The molecule has 4 nitrogen and oxygen atoms in total. The molecular weight excluding hydrogens is 408 g/mol. The minimum Gasteiger partial charge on any atom is -0.393 e. The van der Waals surface area contributed by atoms with E-state index in [0.29, 0.717) is 23.5 Å². The lowest BCUT2D eigenvalue weighted by atomic mass is 9.48. The van der Waals surface area contributed by atoms with E-state index in [4.69, 9.17) is 0 Å². The van der Waals surface area contributed by atoms with Gasteiger partial charge in [-0.1, -0.05) is 43.7 Å². The number of aliphatic hydroxyl groups excluding tert-OH is 1. The number of carbonyl (C=O) groups is 1. The first-order valence-corrected chi connectivity index (χ1v) is 12.6. The van der Waals surface area contributed by atoms with Crippen molar-refractivity contribution in [1.29, 1.82) is 0 Å². The molecule has 4 aliphatic rings. The van der Waals surface area contributed by atoms with Crippen LogP contribution in [0.1, 0.15) is 64.5 Å². The lowest BCUT2D eigenvalue weighted by molar-refractivity contribution is -0.130. The number of Topliss-reactive ketones (excluding diaryl/α,β-unsaturated/α-hetero) is 1. The lowest BCUT2D eigenvalue weighted by Gasteiger charge is -2.56. The Bertz CT molecular complexity index is 1150. The van der Waals surface area contributed by atoms with E-state index in [0.717, 1.165) is 61.9 Å². The first-order chi connectivity index (χ1) is 15.9. The van der Waals surface area contributed by atoms with Crippen molar-refractivity contribution in [2.24, 2.45) is 28.6 Å². The quantitative estimate of drug-likeness (QED) is 0.475. The van der Waals surface area contributed by atoms with Gasteiger partial charge in [0, 0.05) is 5.41 Å². The highest BCUT2D eigenvalue weighted by Gasteiger charge is 2.59. The molecule has 0 amide bonds. The fourth-order valence-electron chi connectivity index (χ4n) is 7.83. The average molecular weight is 443 g/mol. The van der Waals surface area contributed by atoms with Gasteiger partial charge in [-0.15, -0.1) is 0 Å². The second kappa shape index (κ2) is 7.53. The van der Waals surface area contributed by atoms with Crippen molar-refractivity contribution in [2.45, 2.75) is 64.9 Å². The van der Waals surface area contributed by atoms with Crippen LogP contribution in [0.15, 0.2) is 59.8 Å². The van der Waals surface area contributed by atoms with Crippen LogP contribution < -0.4 is 0 Å². The van der Waals surface area contributed by atoms with Crippen LogP contribution in [-0.4, -0.2) is 26.8 Å². The van der Waals surface area contributed by atoms with Gasteiger partial charge in [0.15, 0.2) is 5.78 Å². The molecule has 3 fully saturated rings.